The number of carbonyl (C=O) groups excluding carboxylic acids is 1. The number of nitrogens with one attached hydrogen (secondary N) is 1. The lowest BCUT2D eigenvalue weighted by atomic mass is 10.00. The maximum atomic E-state index is 12.8. The lowest BCUT2D eigenvalue weighted by molar-refractivity contribution is 0.0950. The van der Waals surface area contributed by atoms with Gasteiger partial charge in [0.05, 0.1) is 21.3 Å². The van der Waals surface area contributed by atoms with E-state index < -0.39 is 17.2 Å². The maximum absolute atomic E-state index is 12.8. The zero-order chi connectivity index (χ0) is 23.5. The summed E-state index contributed by atoms with van der Waals surface area (Å²) < 4.78 is 1.36. The van der Waals surface area contributed by atoms with Crippen molar-refractivity contribution in [1.29, 1.82) is 0 Å². The average Bonchev–Trinajstić information content (AvgIpc) is 2.82. The van der Waals surface area contributed by atoms with Crippen LogP contribution in [0.5, 0.6) is 5.75 Å². The number of nitrogens with zero attached hydrogens (tertiary/aromatic N) is 1. The van der Waals surface area contributed by atoms with Crippen LogP contribution in [0.2, 0.25) is 10.0 Å². The van der Waals surface area contributed by atoms with Gasteiger partial charge in [0, 0.05) is 19.2 Å². The molecule has 0 fully saturated rings. The van der Waals surface area contributed by atoms with Crippen molar-refractivity contribution in [1.82, 2.24) is 9.88 Å². The van der Waals surface area contributed by atoms with Gasteiger partial charge in [0.15, 0.2) is 5.75 Å². The van der Waals surface area contributed by atoms with Crippen LogP contribution in [0.15, 0.2) is 71.5 Å². The second-order valence-electron chi connectivity index (χ2n) is 7.79. The van der Waals surface area contributed by atoms with Gasteiger partial charge in [-0.2, -0.15) is 0 Å². The Bertz CT molecular complexity index is 1410. The Balaban J connectivity index is 1.56. The summed E-state index contributed by atoms with van der Waals surface area (Å²) in [5.74, 6) is -1.07. The van der Waals surface area contributed by atoms with Crippen LogP contribution < -0.4 is 10.9 Å². The second kappa shape index (κ2) is 9.69. The summed E-state index contributed by atoms with van der Waals surface area (Å²) >= 11 is 12.0. The van der Waals surface area contributed by atoms with Gasteiger partial charge in [0.1, 0.15) is 0 Å². The molecular weight excluding hydrogens is 459 g/mol. The van der Waals surface area contributed by atoms with Gasteiger partial charge in [-0.25, -0.2) is 0 Å². The fraction of sp³-hybridized carbons (Fsp3) is 0.154. The third-order valence-electron chi connectivity index (χ3n) is 5.63. The molecular formula is C26H22Cl2N2O3. The number of fused-ring (bicyclic) bond motifs is 1. The summed E-state index contributed by atoms with van der Waals surface area (Å²) in [5.41, 5.74) is 1.70. The molecule has 0 radical (unpaired) electrons. The first kappa shape index (κ1) is 22.9. The highest BCUT2D eigenvalue weighted by molar-refractivity contribution is 6.42. The number of halogens is 2. The molecule has 1 amide bonds. The molecule has 0 bridgehead atoms. The van der Waals surface area contributed by atoms with Crippen molar-refractivity contribution < 1.29 is 9.90 Å². The molecule has 2 N–H and O–H groups in total. The zero-order valence-electron chi connectivity index (χ0n) is 17.9. The number of benzene rings is 3. The molecule has 0 spiro atoms. The quantitative estimate of drug-likeness (QED) is 0.353. The number of aryl methyl sites for hydroxylation is 1. The van der Waals surface area contributed by atoms with E-state index >= 15 is 0 Å². The molecule has 0 aliphatic carbocycles. The van der Waals surface area contributed by atoms with E-state index in [0.717, 1.165) is 21.9 Å². The smallest absolute Gasteiger partial charge is 0.293 e. The molecule has 0 atom stereocenters. The SMILES string of the molecule is Cn1c(-c2cccc3ccccc23)cc(C(=O)NCCCc2ccc(Cl)c(Cl)c2)c(O)c1=O. The van der Waals surface area contributed by atoms with Crippen LogP contribution in [-0.2, 0) is 13.5 Å². The highest BCUT2D eigenvalue weighted by Gasteiger charge is 2.19. The first-order valence-corrected chi connectivity index (χ1v) is 11.3. The van der Waals surface area contributed by atoms with E-state index in [1.165, 1.54) is 4.57 Å². The van der Waals surface area contributed by atoms with Gasteiger partial charge in [-0.1, -0.05) is 71.7 Å². The summed E-state index contributed by atoms with van der Waals surface area (Å²) in [6, 6.07) is 20.6. The van der Waals surface area contributed by atoms with Gasteiger partial charge >= 0.3 is 0 Å². The largest absolute Gasteiger partial charge is 0.502 e. The molecule has 0 unspecified atom stereocenters. The van der Waals surface area contributed by atoms with Crippen LogP contribution in [-0.4, -0.2) is 22.1 Å². The number of amides is 1. The van der Waals surface area contributed by atoms with Crippen molar-refractivity contribution in [3.05, 3.63) is 98.3 Å². The Hall–Kier alpha value is -3.28. The molecule has 0 saturated carbocycles. The number of hydrogen-bond acceptors (Lipinski definition) is 3. The molecule has 1 heterocycles. The van der Waals surface area contributed by atoms with Crippen molar-refractivity contribution in [2.45, 2.75) is 12.8 Å². The monoisotopic (exact) mass is 480 g/mol. The van der Waals surface area contributed by atoms with Crippen molar-refractivity contribution in [2.24, 2.45) is 7.05 Å². The summed E-state index contributed by atoms with van der Waals surface area (Å²) in [7, 11) is 1.58. The maximum Gasteiger partial charge on any atom is 0.293 e. The minimum absolute atomic E-state index is 0.0458. The van der Waals surface area contributed by atoms with E-state index in [-0.39, 0.29) is 5.56 Å². The Morgan fingerprint density at radius 3 is 2.55 bits per heavy atom. The normalized spacial score (nSPS) is 11.0. The standard InChI is InChI=1S/C26H22Cl2N2O3/c1-30-23(19-10-4-8-17-7-2-3-9-18(17)19)15-20(24(31)26(30)33)25(32)29-13-5-6-16-11-12-21(27)22(28)14-16/h2-4,7-12,14-15,31H,5-6,13H2,1H3,(H,29,32). The third kappa shape index (κ3) is 4.75. The first-order valence-electron chi connectivity index (χ1n) is 10.5. The lowest BCUT2D eigenvalue weighted by Gasteiger charge is -2.14. The van der Waals surface area contributed by atoms with E-state index in [2.05, 4.69) is 5.32 Å². The average molecular weight is 481 g/mol. The molecule has 5 nitrogen and oxygen atoms in total. The van der Waals surface area contributed by atoms with E-state index in [1.807, 2.05) is 48.5 Å². The fourth-order valence-corrected chi connectivity index (χ4v) is 4.17. The Morgan fingerprint density at radius 1 is 1.00 bits per heavy atom. The minimum atomic E-state index is -0.624. The van der Waals surface area contributed by atoms with Gasteiger partial charge in [-0.15, -0.1) is 0 Å². The summed E-state index contributed by atoms with van der Waals surface area (Å²) in [6.07, 6.45) is 1.35. The van der Waals surface area contributed by atoms with Gasteiger partial charge in [-0.3, -0.25) is 9.59 Å². The van der Waals surface area contributed by atoms with Crippen LogP contribution in [0.1, 0.15) is 22.3 Å². The number of carbonyl (C=O) groups is 1. The molecule has 0 saturated heterocycles. The van der Waals surface area contributed by atoms with Crippen LogP contribution >= 0.6 is 23.2 Å². The predicted octanol–water partition coefficient (Wildman–Crippen LogP) is 5.58. The molecule has 168 valence electrons. The molecule has 0 aliphatic rings. The number of aromatic hydroxyl groups is 1. The van der Waals surface area contributed by atoms with Crippen molar-refractivity contribution >= 4 is 39.9 Å². The Labute approximate surface area is 201 Å². The molecule has 7 heteroatoms. The highest BCUT2D eigenvalue weighted by Crippen LogP contribution is 2.29. The molecule has 33 heavy (non-hydrogen) atoms. The molecule has 3 aromatic carbocycles. The molecule has 0 aliphatic heterocycles. The Kier molecular flexibility index (Phi) is 6.72. The highest BCUT2D eigenvalue weighted by atomic mass is 35.5. The number of aromatic nitrogens is 1. The number of hydrogen-bond donors (Lipinski definition) is 2. The second-order valence-corrected chi connectivity index (χ2v) is 8.61. The summed E-state index contributed by atoms with van der Waals surface area (Å²) in [5, 5.41) is 16.2. The van der Waals surface area contributed by atoms with E-state index in [9.17, 15) is 14.7 Å². The van der Waals surface area contributed by atoms with Crippen molar-refractivity contribution in [3.8, 4) is 17.0 Å². The van der Waals surface area contributed by atoms with Gasteiger partial charge in [0.25, 0.3) is 11.5 Å². The van der Waals surface area contributed by atoms with E-state index in [4.69, 9.17) is 23.2 Å². The molecule has 4 aromatic rings. The van der Waals surface area contributed by atoms with Crippen LogP contribution in [0.25, 0.3) is 22.0 Å². The number of pyridine rings is 1. The zero-order valence-corrected chi connectivity index (χ0v) is 19.5. The molecule has 4 rings (SSSR count). The Morgan fingerprint density at radius 2 is 1.76 bits per heavy atom. The van der Waals surface area contributed by atoms with Crippen molar-refractivity contribution in [3.63, 3.8) is 0 Å². The van der Waals surface area contributed by atoms with Gasteiger partial charge < -0.3 is 15.0 Å². The predicted molar refractivity (Wildman–Crippen MR) is 133 cm³/mol. The van der Waals surface area contributed by atoms with Crippen molar-refractivity contribution in [2.75, 3.05) is 6.54 Å². The summed E-state index contributed by atoms with van der Waals surface area (Å²) in [6.45, 7) is 0.372. The van der Waals surface area contributed by atoms with Gasteiger partial charge in [-0.05, 0) is 47.4 Å². The molecule has 1 aromatic heterocycles. The fourth-order valence-electron chi connectivity index (χ4n) is 3.85. The first-order chi connectivity index (χ1) is 15.9. The third-order valence-corrected chi connectivity index (χ3v) is 6.37. The minimum Gasteiger partial charge on any atom is -0.502 e. The van der Waals surface area contributed by atoms with E-state index in [0.29, 0.717) is 35.1 Å². The van der Waals surface area contributed by atoms with E-state index in [1.54, 1.807) is 25.2 Å². The summed E-state index contributed by atoms with van der Waals surface area (Å²) in [4.78, 5) is 25.5. The topological polar surface area (TPSA) is 71.3 Å². The van der Waals surface area contributed by atoms with Crippen LogP contribution in [0, 0.1) is 0 Å². The van der Waals surface area contributed by atoms with Gasteiger partial charge in [0.2, 0.25) is 0 Å². The lowest BCUT2D eigenvalue weighted by Crippen LogP contribution is -2.28. The number of rotatable bonds is 6. The van der Waals surface area contributed by atoms with Crippen LogP contribution in [0.4, 0.5) is 0 Å². The van der Waals surface area contributed by atoms with Crippen LogP contribution in [0.3, 0.4) is 0 Å².